The maximum Gasteiger partial charge on any atom is 0.315 e. The van der Waals surface area contributed by atoms with Gasteiger partial charge in [0.25, 0.3) is 0 Å². The second-order valence-electron chi connectivity index (χ2n) is 6.39. The molecule has 1 aromatic carbocycles. The number of nitrogens with zero attached hydrogens (tertiary/aromatic N) is 1. The van der Waals surface area contributed by atoms with Crippen LogP contribution in [0.15, 0.2) is 41.0 Å². The van der Waals surface area contributed by atoms with Crippen molar-refractivity contribution in [2.45, 2.75) is 25.9 Å². The van der Waals surface area contributed by atoms with Crippen molar-refractivity contribution in [2.75, 3.05) is 34.4 Å². The molecule has 2 amide bonds. The van der Waals surface area contributed by atoms with Crippen LogP contribution < -0.4 is 20.1 Å². The van der Waals surface area contributed by atoms with Gasteiger partial charge >= 0.3 is 6.03 Å². The summed E-state index contributed by atoms with van der Waals surface area (Å²) in [6.07, 6.45) is 2.56. The van der Waals surface area contributed by atoms with Crippen LogP contribution in [0.4, 0.5) is 4.79 Å². The molecule has 1 atom stereocenters. The van der Waals surface area contributed by atoms with Crippen LogP contribution in [0.3, 0.4) is 0 Å². The second kappa shape index (κ2) is 10.5. The molecule has 0 aliphatic carbocycles. The summed E-state index contributed by atoms with van der Waals surface area (Å²) < 4.78 is 16.5. The van der Waals surface area contributed by atoms with E-state index in [-0.39, 0.29) is 12.1 Å². The summed E-state index contributed by atoms with van der Waals surface area (Å²) >= 11 is 0. The van der Waals surface area contributed by atoms with E-state index in [1.54, 1.807) is 13.4 Å². The normalized spacial score (nSPS) is 11.9. The average molecular weight is 375 g/mol. The van der Waals surface area contributed by atoms with Gasteiger partial charge in [0, 0.05) is 13.1 Å². The number of ether oxygens (including phenoxy) is 2. The largest absolute Gasteiger partial charge is 0.493 e. The van der Waals surface area contributed by atoms with E-state index in [4.69, 9.17) is 13.9 Å². The molecule has 0 aliphatic rings. The molecule has 148 valence electrons. The zero-order valence-corrected chi connectivity index (χ0v) is 16.5. The first-order chi connectivity index (χ1) is 13.0. The van der Waals surface area contributed by atoms with Crippen molar-refractivity contribution in [1.29, 1.82) is 0 Å². The first-order valence-electron chi connectivity index (χ1n) is 9.06. The Morgan fingerprint density at radius 3 is 2.67 bits per heavy atom. The molecule has 1 heterocycles. The van der Waals surface area contributed by atoms with E-state index >= 15 is 0 Å². The molecule has 0 saturated heterocycles. The third kappa shape index (κ3) is 6.21. The van der Waals surface area contributed by atoms with Gasteiger partial charge in [-0.3, -0.25) is 4.90 Å². The van der Waals surface area contributed by atoms with Crippen LogP contribution in [0.1, 0.15) is 30.7 Å². The number of amides is 2. The minimum absolute atomic E-state index is 0.0270. The lowest BCUT2D eigenvalue weighted by molar-refractivity contribution is 0.225. The van der Waals surface area contributed by atoms with E-state index < -0.39 is 0 Å². The smallest absolute Gasteiger partial charge is 0.315 e. The summed E-state index contributed by atoms with van der Waals surface area (Å²) in [6.45, 7) is 3.53. The fourth-order valence-corrected chi connectivity index (χ4v) is 2.61. The third-order valence-electron chi connectivity index (χ3n) is 4.09. The topological polar surface area (TPSA) is 76.0 Å². The van der Waals surface area contributed by atoms with Crippen molar-refractivity contribution < 1.29 is 18.7 Å². The molecule has 0 aliphatic heterocycles. The minimum atomic E-state index is -0.237. The first kappa shape index (κ1) is 20.6. The number of hydrogen-bond donors (Lipinski definition) is 2. The fourth-order valence-electron chi connectivity index (χ4n) is 2.61. The molecule has 0 fully saturated rings. The van der Waals surface area contributed by atoms with Gasteiger partial charge in [-0.15, -0.1) is 0 Å². The summed E-state index contributed by atoms with van der Waals surface area (Å²) in [7, 11) is 5.50. The Hall–Kier alpha value is -2.67. The Kier molecular flexibility index (Phi) is 8.00. The molecule has 7 nitrogen and oxygen atoms in total. The number of carbonyl (C=O) groups is 1. The third-order valence-corrected chi connectivity index (χ3v) is 4.09. The van der Waals surface area contributed by atoms with Crippen molar-refractivity contribution in [1.82, 2.24) is 15.5 Å². The molecule has 27 heavy (non-hydrogen) atoms. The summed E-state index contributed by atoms with van der Waals surface area (Å²) in [5.74, 6) is 2.18. The van der Waals surface area contributed by atoms with Crippen LogP contribution in [0.25, 0.3) is 0 Å². The Labute approximate surface area is 160 Å². The maximum atomic E-state index is 12.1. The summed E-state index contributed by atoms with van der Waals surface area (Å²) in [5, 5.41) is 5.74. The number of rotatable bonds is 10. The first-order valence-corrected chi connectivity index (χ1v) is 9.06. The van der Waals surface area contributed by atoms with Crippen molar-refractivity contribution in [2.24, 2.45) is 0 Å². The number of nitrogens with one attached hydrogen (secondary N) is 2. The molecular formula is C20H29N3O4. The Balaban J connectivity index is 1.86. The van der Waals surface area contributed by atoms with E-state index in [9.17, 15) is 4.79 Å². The highest BCUT2D eigenvalue weighted by molar-refractivity contribution is 5.73. The van der Waals surface area contributed by atoms with Crippen molar-refractivity contribution in [3.8, 4) is 11.5 Å². The molecule has 0 spiro atoms. The lowest BCUT2D eigenvalue weighted by atomic mass is 10.2. The Morgan fingerprint density at radius 2 is 2.04 bits per heavy atom. The van der Waals surface area contributed by atoms with Gasteiger partial charge in [-0.25, -0.2) is 4.79 Å². The molecule has 1 unspecified atom stereocenters. The average Bonchev–Trinajstić information content (AvgIpc) is 3.19. The van der Waals surface area contributed by atoms with Crippen LogP contribution in [0.2, 0.25) is 0 Å². The number of likely N-dealkylation sites (N-methyl/N-ethyl adjacent to an activating group) is 1. The molecule has 2 aromatic rings. The van der Waals surface area contributed by atoms with Crippen molar-refractivity contribution in [3.63, 3.8) is 0 Å². The molecule has 2 rings (SSSR count). The van der Waals surface area contributed by atoms with Crippen LogP contribution in [0.5, 0.6) is 11.5 Å². The SMILES string of the molecule is CCCOc1ccc(CNC(=O)NCC(c2ccco2)N(C)C)cc1OC. The van der Waals surface area contributed by atoms with Crippen LogP contribution in [-0.4, -0.2) is 45.3 Å². The molecule has 0 bridgehead atoms. The second-order valence-corrected chi connectivity index (χ2v) is 6.39. The molecule has 0 radical (unpaired) electrons. The van der Waals surface area contributed by atoms with Gasteiger partial charge in [-0.2, -0.15) is 0 Å². The zero-order chi connectivity index (χ0) is 19.6. The van der Waals surface area contributed by atoms with Gasteiger partial charge in [0.2, 0.25) is 0 Å². The maximum absolute atomic E-state index is 12.1. The van der Waals surface area contributed by atoms with E-state index in [0.717, 1.165) is 17.7 Å². The van der Waals surface area contributed by atoms with Gasteiger partial charge < -0.3 is 24.5 Å². The Morgan fingerprint density at radius 1 is 1.22 bits per heavy atom. The van der Waals surface area contributed by atoms with E-state index in [0.29, 0.717) is 31.2 Å². The van der Waals surface area contributed by atoms with E-state index in [1.165, 1.54) is 0 Å². The van der Waals surface area contributed by atoms with Crippen LogP contribution >= 0.6 is 0 Å². The zero-order valence-electron chi connectivity index (χ0n) is 16.5. The van der Waals surface area contributed by atoms with Gasteiger partial charge in [0.05, 0.1) is 26.0 Å². The van der Waals surface area contributed by atoms with Gasteiger partial charge in [0.15, 0.2) is 11.5 Å². The summed E-state index contributed by atoms with van der Waals surface area (Å²) in [5.41, 5.74) is 0.932. The van der Waals surface area contributed by atoms with E-state index in [2.05, 4.69) is 17.6 Å². The highest BCUT2D eigenvalue weighted by Gasteiger charge is 2.17. The highest BCUT2D eigenvalue weighted by atomic mass is 16.5. The molecule has 7 heteroatoms. The number of urea groups is 1. The van der Waals surface area contributed by atoms with Gasteiger partial charge in [-0.1, -0.05) is 13.0 Å². The number of carbonyl (C=O) groups excluding carboxylic acids is 1. The Bertz CT molecular complexity index is 701. The summed E-state index contributed by atoms with van der Waals surface area (Å²) in [6, 6.07) is 9.13. The number of hydrogen-bond acceptors (Lipinski definition) is 5. The molecular weight excluding hydrogens is 346 g/mol. The quantitative estimate of drug-likeness (QED) is 0.667. The van der Waals surface area contributed by atoms with Gasteiger partial charge in [-0.05, 0) is 50.3 Å². The molecule has 2 N–H and O–H groups in total. The van der Waals surface area contributed by atoms with Crippen molar-refractivity contribution >= 4 is 6.03 Å². The van der Waals surface area contributed by atoms with Crippen molar-refractivity contribution in [3.05, 3.63) is 47.9 Å². The van der Waals surface area contributed by atoms with E-state index in [1.807, 2.05) is 49.3 Å². The van der Waals surface area contributed by atoms with Crippen LogP contribution in [0, 0.1) is 0 Å². The lowest BCUT2D eigenvalue weighted by Crippen LogP contribution is -2.40. The standard InChI is InChI=1S/C20H29N3O4/c1-5-10-26-18-9-8-15(12-19(18)25-4)13-21-20(24)22-14-16(23(2)3)17-7-6-11-27-17/h6-9,11-12,16H,5,10,13-14H2,1-4H3,(H2,21,22,24). The highest BCUT2D eigenvalue weighted by Crippen LogP contribution is 2.28. The number of methoxy groups -OCH3 is 1. The predicted octanol–water partition coefficient (Wildman–Crippen LogP) is 3.18. The monoisotopic (exact) mass is 375 g/mol. The molecule has 1 aromatic heterocycles. The fraction of sp³-hybridized carbons (Fsp3) is 0.450. The number of benzene rings is 1. The lowest BCUT2D eigenvalue weighted by Gasteiger charge is -2.22. The summed E-state index contributed by atoms with van der Waals surface area (Å²) in [4.78, 5) is 14.1. The van der Waals surface area contributed by atoms with Crippen LogP contribution in [-0.2, 0) is 6.54 Å². The van der Waals surface area contributed by atoms with Gasteiger partial charge in [0.1, 0.15) is 5.76 Å². The number of furan rings is 1. The predicted molar refractivity (Wildman–Crippen MR) is 104 cm³/mol. The minimum Gasteiger partial charge on any atom is -0.493 e. The molecule has 0 saturated carbocycles.